The second kappa shape index (κ2) is 4.32. The Morgan fingerprint density at radius 3 is 2.36 bits per heavy atom. The molecule has 0 saturated carbocycles. The fourth-order valence-electron chi connectivity index (χ4n) is 2.48. The van der Waals surface area contributed by atoms with Gasteiger partial charge in [-0.2, -0.15) is 0 Å². The first kappa shape index (κ1) is 12.4. The van der Waals surface area contributed by atoms with Crippen LogP contribution in [0, 0.1) is 0 Å². The molecule has 108 valence electrons. The third-order valence-corrected chi connectivity index (χ3v) is 3.56. The highest BCUT2D eigenvalue weighted by Crippen LogP contribution is 2.28. The number of nitrogens with one attached hydrogen (secondary N) is 3. The molecule has 2 heterocycles. The van der Waals surface area contributed by atoms with Crippen LogP contribution in [0.1, 0.15) is 0 Å². The summed E-state index contributed by atoms with van der Waals surface area (Å²) in [5, 5.41) is 15.0. The van der Waals surface area contributed by atoms with E-state index in [0.29, 0.717) is 22.4 Å². The van der Waals surface area contributed by atoms with Crippen LogP contribution in [0.15, 0.2) is 46.0 Å². The summed E-state index contributed by atoms with van der Waals surface area (Å²) >= 11 is 0. The van der Waals surface area contributed by atoms with E-state index in [1.54, 1.807) is 36.4 Å². The number of aromatic hydroxyl groups is 1. The van der Waals surface area contributed by atoms with Gasteiger partial charge >= 0.3 is 0 Å². The van der Waals surface area contributed by atoms with Crippen LogP contribution in [0.2, 0.25) is 0 Å². The van der Waals surface area contributed by atoms with Gasteiger partial charge in [-0.1, -0.05) is 12.1 Å². The third-order valence-electron chi connectivity index (χ3n) is 3.56. The van der Waals surface area contributed by atoms with E-state index in [1.165, 1.54) is 0 Å². The predicted octanol–water partition coefficient (Wildman–Crippen LogP) is 1.47. The fourth-order valence-corrected chi connectivity index (χ4v) is 2.48. The van der Waals surface area contributed by atoms with Gasteiger partial charge in [-0.05, 0) is 24.3 Å². The number of imidazole rings is 1. The van der Waals surface area contributed by atoms with Crippen molar-refractivity contribution in [3.63, 3.8) is 0 Å². The first-order chi connectivity index (χ1) is 10.6. The number of nitrogens with zero attached hydrogens (tertiary/aromatic N) is 1. The molecule has 0 bridgehead atoms. The number of aromatic amines is 3. The second-order valence-corrected chi connectivity index (χ2v) is 4.93. The van der Waals surface area contributed by atoms with Gasteiger partial charge in [0.2, 0.25) is 0 Å². The van der Waals surface area contributed by atoms with Gasteiger partial charge in [0.05, 0.1) is 27.4 Å². The third kappa shape index (κ3) is 1.72. The lowest BCUT2D eigenvalue weighted by Crippen LogP contribution is -2.18. The molecule has 22 heavy (non-hydrogen) atoms. The average Bonchev–Trinajstić information content (AvgIpc) is 2.93. The number of rotatable bonds is 1. The Morgan fingerprint density at radius 2 is 1.64 bits per heavy atom. The van der Waals surface area contributed by atoms with Crippen LogP contribution in [0.25, 0.3) is 33.2 Å². The van der Waals surface area contributed by atoms with E-state index < -0.39 is 0 Å². The maximum absolute atomic E-state index is 11.8. The monoisotopic (exact) mass is 294 g/mol. The maximum Gasteiger partial charge on any atom is 0.270 e. The molecule has 0 amide bonds. The quantitative estimate of drug-likeness (QED) is 0.425. The topological polar surface area (TPSA) is 115 Å². The molecule has 0 aliphatic carbocycles. The smallest absolute Gasteiger partial charge is 0.270 e. The standard InChI is InChI=1S/C15H10N4O3/c20-12-4-2-1-3-7(12)13-16-10-5-8-9(6-11(10)17-13)15(22)19-18-14(8)21/h1-6,20H,(H,16,17)(H,18,21)(H,19,22). The van der Waals surface area contributed by atoms with Gasteiger partial charge in [-0.3, -0.25) is 19.8 Å². The van der Waals surface area contributed by atoms with Gasteiger partial charge in [0.15, 0.2) is 0 Å². The summed E-state index contributed by atoms with van der Waals surface area (Å²) in [7, 11) is 0. The highest BCUT2D eigenvalue weighted by molar-refractivity contribution is 5.95. The van der Waals surface area contributed by atoms with Crippen molar-refractivity contribution in [2.75, 3.05) is 0 Å². The molecule has 4 rings (SSSR count). The van der Waals surface area contributed by atoms with Crippen molar-refractivity contribution in [2.24, 2.45) is 0 Å². The van der Waals surface area contributed by atoms with Crippen LogP contribution in [-0.4, -0.2) is 25.3 Å². The van der Waals surface area contributed by atoms with Crippen molar-refractivity contribution < 1.29 is 5.11 Å². The van der Waals surface area contributed by atoms with Crippen LogP contribution >= 0.6 is 0 Å². The lowest BCUT2D eigenvalue weighted by Gasteiger charge is -1.98. The first-order valence-electron chi connectivity index (χ1n) is 6.56. The van der Waals surface area contributed by atoms with Crippen molar-refractivity contribution in [3.8, 4) is 17.1 Å². The van der Waals surface area contributed by atoms with E-state index in [4.69, 9.17) is 0 Å². The molecule has 0 fully saturated rings. The average molecular weight is 294 g/mol. The lowest BCUT2D eigenvalue weighted by molar-refractivity contribution is 0.477. The van der Waals surface area contributed by atoms with Crippen molar-refractivity contribution >= 4 is 21.8 Å². The number of phenolic OH excluding ortho intramolecular Hbond substituents is 1. The number of fused-ring (bicyclic) bond motifs is 2. The normalized spacial score (nSPS) is 11.3. The molecule has 0 radical (unpaired) electrons. The van der Waals surface area contributed by atoms with Crippen LogP contribution in [0.3, 0.4) is 0 Å². The van der Waals surface area contributed by atoms with Crippen molar-refractivity contribution in [3.05, 3.63) is 57.1 Å². The summed E-state index contributed by atoms with van der Waals surface area (Å²) in [4.78, 5) is 31.0. The number of hydrogen-bond donors (Lipinski definition) is 4. The van der Waals surface area contributed by atoms with Gasteiger partial charge in [-0.25, -0.2) is 4.98 Å². The largest absolute Gasteiger partial charge is 0.507 e. The molecule has 7 nitrogen and oxygen atoms in total. The first-order valence-corrected chi connectivity index (χ1v) is 6.56. The summed E-state index contributed by atoms with van der Waals surface area (Å²) in [6.45, 7) is 0. The zero-order valence-electron chi connectivity index (χ0n) is 11.2. The lowest BCUT2D eigenvalue weighted by atomic mass is 10.2. The van der Waals surface area contributed by atoms with E-state index in [2.05, 4.69) is 20.2 Å². The fraction of sp³-hybridized carbons (Fsp3) is 0. The Bertz CT molecular complexity index is 1070. The van der Waals surface area contributed by atoms with Crippen LogP contribution < -0.4 is 11.1 Å². The molecule has 0 aliphatic heterocycles. The maximum atomic E-state index is 11.8. The minimum absolute atomic E-state index is 0.0989. The highest BCUT2D eigenvalue weighted by Gasteiger charge is 2.12. The minimum atomic E-state index is -0.386. The number of phenols is 1. The predicted molar refractivity (Wildman–Crippen MR) is 81.9 cm³/mol. The van der Waals surface area contributed by atoms with E-state index in [0.717, 1.165) is 0 Å². The highest BCUT2D eigenvalue weighted by atomic mass is 16.3. The second-order valence-electron chi connectivity index (χ2n) is 4.93. The minimum Gasteiger partial charge on any atom is -0.507 e. The number of hydrogen-bond acceptors (Lipinski definition) is 4. The summed E-state index contributed by atoms with van der Waals surface area (Å²) in [6.07, 6.45) is 0. The van der Waals surface area contributed by atoms with Crippen LogP contribution in [-0.2, 0) is 0 Å². The van der Waals surface area contributed by atoms with Gasteiger partial charge in [-0.15, -0.1) is 0 Å². The molecule has 2 aromatic carbocycles. The number of benzene rings is 2. The molecule has 0 spiro atoms. The molecule has 0 aliphatic rings. The number of H-pyrrole nitrogens is 3. The van der Waals surface area contributed by atoms with Crippen molar-refractivity contribution in [1.82, 2.24) is 20.2 Å². The van der Waals surface area contributed by atoms with E-state index >= 15 is 0 Å². The van der Waals surface area contributed by atoms with Crippen LogP contribution in [0.4, 0.5) is 0 Å². The summed E-state index contributed by atoms with van der Waals surface area (Å²) in [5.74, 6) is 0.568. The van der Waals surface area contributed by atoms with Crippen LogP contribution in [0.5, 0.6) is 5.75 Å². The van der Waals surface area contributed by atoms with E-state index in [-0.39, 0.29) is 27.6 Å². The SMILES string of the molecule is O=c1[nH][nH]c(=O)c2cc3[nH]c(-c4ccccc4O)nc3cc12. The molecule has 4 N–H and O–H groups in total. The molecule has 4 aromatic rings. The summed E-state index contributed by atoms with van der Waals surface area (Å²) < 4.78 is 0. The Labute approximate surface area is 122 Å². The summed E-state index contributed by atoms with van der Waals surface area (Å²) in [5.41, 5.74) is 0.938. The van der Waals surface area contributed by atoms with Crippen molar-refractivity contribution in [1.29, 1.82) is 0 Å². The van der Waals surface area contributed by atoms with Gasteiger partial charge in [0.25, 0.3) is 11.1 Å². The van der Waals surface area contributed by atoms with Crippen molar-refractivity contribution in [2.45, 2.75) is 0 Å². The van der Waals surface area contributed by atoms with Gasteiger partial charge < -0.3 is 10.1 Å². The zero-order valence-corrected chi connectivity index (χ0v) is 11.2. The Morgan fingerprint density at radius 1 is 0.955 bits per heavy atom. The Kier molecular flexibility index (Phi) is 2.43. The van der Waals surface area contributed by atoms with E-state index in [9.17, 15) is 14.7 Å². The van der Waals surface area contributed by atoms with Gasteiger partial charge in [0.1, 0.15) is 11.6 Å². The Balaban J connectivity index is 2.06. The molecule has 2 aromatic heterocycles. The number of aromatic nitrogens is 4. The molecular formula is C15H10N4O3. The van der Waals surface area contributed by atoms with E-state index in [1.807, 2.05) is 0 Å². The summed E-state index contributed by atoms with van der Waals surface area (Å²) in [6, 6.07) is 9.93. The molecule has 0 unspecified atom stereocenters. The zero-order chi connectivity index (χ0) is 15.3. The molecule has 0 saturated heterocycles. The Hall–Kier alpha value is -3.35. The molecule has 7 heteroatoms. The number of para-hydroxylation sites is 1. The molecule has 0 atom stereocenters. The van der Waals surface area contributed by atoms with Gasteiger partial charge in [0, 0.05) is 0 Å². The molecular weight excluding hydrogens is 284 g/mol.